The summed E-state index contributed by atoms with van der Waals surface area (Å²) in [4.78, 5) is 12.3. The SMILES string of the molecule is CC[C@H](C)c1cc(C(=O)Nc2ccnn2[C@@H](C)C2CC2)on1. The minimum Gasteiger partial charge on any atom is -0.351 e. The molecule has 2 aromatic rings. The van der Waals surface area contributed by atoms with Crippen LogP contribution < -0.4 is 5.32 Å². The smallest absolute Gasteiger partial charge is 0.295 e. The molecule has 1 aliphatic carbocycles. The zero-order valence-corrected chi connectivity index (χ0v) is 13.2. The van der Waals surface area contributed by atoms with E-state index in [1.807, 2.05) is 10.7 Å². The lowest BCUT2D eigenvalue weighted by Crippen LogP contribution is -2.18. The van der Waals surface area contributed by atoms with E-state index in [2.05, 4.69) is 36.3 Å². The average molecular weight is 302 g/mol. The van der Waals surface area contributed by atoms with Gasteiger partial charge in [0.1, 0.15) is 5.82 Å². The van der Waals surface area contributed by atoms with Crippen molar-refractivity contribution in [1.82, 2.24) is 14.9 Å². The van der Waals surface area contributed by atoms with E-state index in [9.17, 15) is 4.79 Å². The average Bonchev–Trinajstić information content (AvgIpc) is 3.07. The highest BCUT2D eigenvalue weighted by Gasteiger charge is 2.31. The normalized spacial score (nSPS) is 17.2. The Kier molecular flexibility index (Phi) is 4.00. The molecular formula is C16H22N4O2. The number of hydrogen-bond donors (Lipinski definition) is 1. The fraction of sp³-hybridized carbons (Fsp3) is 0.562. The van der Waals surface area contributed by atoms with Crippen LogP contribution in [0.25, 0.3) is 0 Å². The summed E-state index contributed by atoms with van der Waals surface area (Å²) in [5.74, 6) is 1.60. The second kappa shape index (κ2) is 5.94. The van der Waals surface area contributed by atoms with E-state index in [-0.39, 0.29) is 17.6 Å². The molecule has 0 saturated heterocycles. The molecule has 1 aliphatic rings. The molecule has 1 amide bonds. The highest BCUT2D eigenvalue weighted by Crippen LogP contribution is 2.40. The van der Waals surface area contributed by atoms with E-state index in [1.54, 1.807) is 12.3 Å². The summed E-state index contributed by atoms with van der Waals surface area (Å²) < 4.78 is 7.04. The summed E-state index contributed by atoms with van der Waals surface area (Å²) in [6, 6.07) is 3.83. The van der Waals surface area contributed by atoms with Gasteiger partial charge in [0.25, 0.3) is 5.91 Å². The molecule has 118 valence electrons. The maximum Gasteiger partial charge on any atom is 0.295 e. The van der Waals surface area contributed by atoms with Gasteiger partial charge in [-0.15, -0.1) is 0 Å². The lowest BCUT2D eigenvalue weighted by Gasteiger charge is -2.14. The summed E-state index contributed by atoms with van der Waals surface area (Å²) in [6.07, 6.45) is 5.13. The Morgan fingerprint density at radius 2 is 2.27 bits per heavy atom. The molecule has 1 saturated carbocycles. The van der Waals surface area contributed by atoms with Gasteiger partial charge in [0.05, 0.1) is 17.9 Å². The van der Waals surface area contributed by atoms with Gasteiger partial charge in [0.15, 0.2) is 0 Å². The van der Waals surface area contributed by atoms with Crippen LogP contribution in [-0.4, -0.2) is 20.8 Å². The molecule has 1 fully saturated rings. The number of nitrogens with zero attached hydrogens (tertiary/aromatic N) is 3. The lowest BCUT2D eigenvalue weighted by atomic mass is 10.1. The summed E-state index contributed by atoms with van der Waals surface area (Å²) in [7, 11) is 0. The predicted octanol–water partition coefficient (Wildman–Crippen LogP) is 3.61. The Morgan fingerprint density at radius 3 is 2.95 bits per heavy atom. The second-order valence-corrected chi connectivity index (χ2v) is 6.12. The number of anilines is 1. The van der Waals surface area contributed by atoms with Gasteiger partial charge in [0.2, 0.25) is 5.76 Å². The maximum atomic E-state index is 12.3. The van der Waals surface area contributed by atoms with E-state index in [0.717, 1.165) is 12.1 Å². The van der Waals surface area contributed by atoms with Gasteiger partial charge in [-0.3, -0.25) is 4.79 Å². The lowest BCUT2D eigenvalue weighted by molar-refractivity contribution is 0.0986. The van der Waals surface area contributed by atoms with Crippen molar-refractivity contribution in [3.63, 3.8) is 0 Å². The number of aromatic nitrogens is 3. The van der Waals surface area contributed by atoms with E-state index in [4.69, 9.17) is 4.52 Å². The third kappa shape index (κ3) is 2.91. The Bertz CT molecular complexity index is 657. The maximum absolute atomic E-state index is 12.3. The largest absolute Gasteiger partial charge is 0.351 e. The summed E-state index contributed by atoms with van der Waals surface area (Å²) >= 11 is 0. The van der Waals surface area contributed by atoms with Gasteiger partial charge in [-0.2, -0.15) is 5.10 Å². The summed E-state index contributed by atoms with van der Waals surface area (Å²) in [5.41, 5.74) is 0.813. The molecule has 0 aliphatic heterocycles. The molecule has 2 atom stereocenters. The molecular weight excluding hydrogens is 280 g/mol. The second-order valence-electron chi connectivity index (χ2n) is 6.12. The van der Waals surface area contributed by atoms with Crippen LogP contribution in [0.2, 0.25) is 0 Å². The standard InChI is InChI=1S/C16H22N4O2/c1-4-10(2)13-9-14(22-19-13)16(21)18-15-7-8-17-20(15)11(3)12-5-6-12/h7-12H,4-6H2,1-3H3,(H,18,21)/t10-,11-/m0/s1. The molecule has 6 heteroatoms. The zero-order chi connectivity index (χ0) is 15.7. The number of amides is 1. The summed E-state index contributed by atoms with van der Waals surface area (Å²) in [6.45, 7) is 6.28. The summed E-state index contributed by atoms with van der Waals surface area (Å²) in [5, 5.41) is 11.2. The molecule has 6 nitrogen and oxygen atoms in total. The van der Waals surface area contributed by atoms with E-state index < -0.39 is 0 Å². The van der Waals surface area contributed by atoms with Gasteiger partial charge < -0.3 is 9.84 Å². The molecule has 1 N–H and O–H groups in total. The first kappa shape index (κ1) is 14.8. The van der Waals surface area contributed by atoms with Crippen molar-refractivity contribution in [2.45, 2.75) is 52.0 Å². The van der Waals surface area contributed by atoms with Crippen LogP contribution in [0.1, 0.15) is 68.2 Å². The molecule has 2 heterocycles. The number of rotatable bonds is 6. The van der Waals surface area contributed by atoms with Crippen LogP contribution in [0, 0.1) is 5.92 Å². The minimum absolute atomic E-state index is 0.238. The van der Waals surface area contributed by atoms with Gasteiger partial charge in [-0.05, 0) is 32.1 Å². The van der Waals surface area contributed by atoms with E-state index in [1.165, 1.54) is 12.8 Å². The van der Waals surface area contributed by atoms with Crippen LogP contribution in [-0.2, 0) is 0 Å². The zero-order valence-electron chi connectivity index (χ0n) is 13.2. The quantitative estimate of drug-likeness (QED) is 0.884. The van der Waals surface area contributed by atoms with Crippen molar-refractivity contribution < 1.29 is 9.32 Å². The highest BCUT2D eigenvalue weighted by atomic mass is 16.5. The number of nitrogens with one attached hydrogen (secondary N) is 1. The van der Waals surface area contributed by atoms with Gasteiger partial charge in [-0.25, -0.2) is 4.68 Å². The van der Waals surface area contributed by atoms with Crippen LogP contribution >= 0.6 is 0 Å². The highest BCUT2D eigenvalue weighted by molar-refractivity contribution is 6.01. The van der Waals surface area contributed by atoms with Crippen molar-refractivity contribution in [1.29, 1.82) is 0 Å². The number of carbonyl (C=O) groups excluding carboxylic acids is 1. The fourth-order valence-electron chi connectivity index (χ4n) is 2.53. The van der Waals surface area contributed by atoms with Crippen LogP contribution in [0.3, 0.4) is 0 Å². The monoisotopic (exact) mass is 302 g/mol. The van der Waals surface area contributed by atoms with Crippen LogP contribution in [0.4, 0.5) is 5.82 Å². The third-order valence-corrected chi connectivity index (χ3v) is 4.47. The molecule has 0 aromatic carbocycles. The Hall–Kier alpha value is -2.11. The first-order chi connectivity index (χ1) is 10.6. The molecule has 2 aromatic heterocycles. The number of hydrogen-bond acceptors (Lipinski definition) is 4. The molecule has 0 bridgehead atoms. The van der Waals surface area contributed by atoms with Gasteiger partial charge in [0, 0.05) is 18.1 Å². The molecule has 0 unspecified atom stereocenters. The van der Waals surface area contributed by atoms with Crippen molar-refractivity contribution >= 4 is 11.7 Å². The number of carbonyl (C=O) groups is 1. The predicted molar refractivity (Wildman–Crippen MR) is 82.8 cm³/mol. The Balaban J connectivity index is 1.72. The first-order valence-electron chi connectivity index (χ1n) is 7.91. The molecule has 22 heavy (non-hydrogen) atoms. The first-order valence-corrected chi connectivity index (χ1v) is 7.91. The van der Waals surface area contributed by atoms with Crippen LogP contribution in [0.5, 0.6) is 0 Å². The molecule has 0 spiro atoms. The molecule has 3 rings (SSSR count). The van der Waals surface area contributed by atoms with E-state index in [0.29, 0.717) is 17.8 Å². The van der Waals surface area contributed by atoms with Gasteiger partial charge >= 0.3 is 0 Å². The van der Waals surface area contributed by atoms with Crippen molar-refractivity contribution in [3.8, 4) is 0 Å². The van der Waals surface area contributed by atoms with E-state index >= 15 is 0 Å². The Morgan fingerprint density at radius 1 is 1.50 bits per heavy atom. The van der Waals surface area contributed by atoms with Crippen molar-refractivity contribution in [2.24, 2.45) is 5.92 Å². The third-order valence-electron chi connectivity index (χ3n) is 4.47. The Labute approximate surface area is 129 Å². The topological polar surface area (TPSA) is 73.0 Å². The van der Waals surface area contributed by atoms with Crippen molar-refractivity contribution in [3.05, 3.63) is 29.8 Å². The fourth-order valence-corrected chi connectivity index (χ4v) is 2.53. The van der Waals surface area contributed by atoms with Gasteiger partial charge in [-0.1, -0.05) is 19.0 Å². The molecule has 0 radical (unpaired) electrons. The van der Waals surface area contributed by atoms with Crippen molar-refractivity contribution in [2.75, 3.05) is 5.32 Å². The van der Waals surface area contributed by atoms with Crippen LogP contribution in [0.15, 0.2) is 22.9 Å². The minimum atomic E-state index is -0.285.